The largest absolute Gasteiger partial charge is 0.379 e. The van der Waals surface area contributed by atoms with Gasteiger partial charge in [0.2, 0.25) is 5.91 Å². The van der Waals surface area contributed by atoms with E-state index in [4.69, 9.17) is 4.74 Å². The van der Waals surface area contributed by atoms with Crippen molar-refractivity contribution in [3.63, 3.8) is 0 Å². The normalized spacial score (nSPS) is 15.4. The Morgan fingerprint density at radius 1 is 1.18 bits per heavy atom. The van der Waals surface area contributed by atoms with Crippen LogP contribution in [-0.4, -0.2) is 53.2 Å². The molecule has 0 unspecified atom stereocenters. The number of carbonyl (C=O) groups is 1. The Hall–Kier alpha value is -2.92. The highest BCUT2D eigenvalue weighted by Gasteiger charge is 2.23. The van der Waals surface area contributed by atoms with E-state index in [1.54, 1.807) is 23.5 Å². The van der Waals surface area contributed by atoms with E-state index in [2.05, 4.69) is 15.2 Å². The Morgan fingerprint density at radius 3 is 2.71 bits per heavy atom. The van der Waals surface area contributed by atoms with E-state index in [0.717, 1.165) is 29.1 Å². The maximum atomic E-state index is 13.5. The van der Waals surface area contributed by atoms with Crippen molar-refractivity contribution in [3.8, 4) is 10.4 Å². The summed E-state index contributed by atoms with van der Waals surface area (Å²) in [5, 5.41) is 7.40. The van der Waals surface area contributed by atoms with Crippen LogP contribution in [0.2, 0.25) is 0 Å². The Morgan fingerprint density at radius 2 is 1.97 bits per heavy atom. The molecular weight excluding hydrogens is 475 g/mol. The first kappa shape index (κ1) is 22.9. The summed E-state index contributed by atoms with van der Waals surface area (Å²) in [7, 11) is 0. The number of ether oxygens (including phenoxy) is 1. The number of aromatic nitrogens is 2. The van der Waals surface area contributed by atoms with Gasteiger partial charge in [0.1, 0.15) is 17.2 Å². The van der Waals surface area contributed by atoms with Crippen LogP contribution in [0.4, 0.5) is 4.39 Å². The summed E-state index contributed by atoms with van der Waals surface area (Å²) in [4.78, 5) is 34.3. The molecule has 0 spiro atoms. The molecule has 7 nitrogen and oxygen atoms in total. The lowest BCUT2D eigenvalue weighted by Gasteiger charge is -2.35. The smallest absolute Gasteiger partial charge is 0.263 e. The summed E-state index contributed by atoms with van der Waals surface area (Å²) in [6, 6.07) is 10.1. The van der Waals surface area contributed by atoms with Crippen LogP contribution in [0.15, 0.2) is 58.3 Å². The third-order valence-electron chi connectivity index (χ3n) is 5.90. The third kappa shape index (κ3) is 4.80. The van der Waals surface area contributed by atoms with Gasteiger partial charge in [-0.2, -0.15) is 0 Å². The molecule has 3 aromatic heterocycles. The molecular formula is C24H23FN4O3S2. The number of hydrogen-bond acceptors (Lipinski definition) is 7. The molecule has 0 bridgehead atoms. The zero-order chi connectivity index (χ0) is 23.5. The van der Waals surface area contributed by atoms with Gasteiger partial charge in [-0.15, -0.1) is 22.7 Å². The van der Waals surface area contributed by atoms with Gasteiger partial charge in [0, 0.05) is 35.5 Å². The highest BCUT2D eigenvalue weighted by atomic mass is 32.1. The van der Waals surface area contributed by atoms with E-state index in [0.29, 0.717) is 30.0 Å². The van der Waals surface area contributed by atoms with Gasteiger partial charge in [0.05, 0.1) is 31.0 Å². The van der Waals surface area contributed by atoms with Crippen LogP contribution in [0.25, 0.3) is 20.7 Å². The fourth-order valence-electron chi connectivity index (χ4n) is 4.15. The second-order valence-corrected chi connectivity index (χ2v) is 9.81. The van der Waals surface area contributed by atoms with Gasteiger partial charge in [-0.05, 0) is 29.1 Å². The Labute approximate surface area is 203 Å². The van der Waals surface area contributed by atoms with Crippen molar-refractivity contribution in [3.05, 3.63) is 75.2 Å². The van der Waals surface area contributed by atoms with Crippen LogP contribution >= 0.6 is 22.7 Å². The molecule has 0 saturated carbocycles. The fourth-order valence-corrected chi connectivity index (χ4v) is 5.87. The molecule has 1 amide bonds. The number of fused-ring (bicyclic) bond motifs is 1. The maximum Gasteiger partial charge on any atom is 0.263 e. The number of halogens is 1. The molecule has 1 aromatic carbocycles. The minimum Gasteiger partial charge on any atom is -0.379 e. The lowest BCUT2D eigenvalue weighted by atomic mass is 10.0. The molecule has 1 aliphatic rings. The van der Waals surface area contributed by atoms with Crippen molar-refractivity contribution >= 4 is 38.8 Å². The van der Waals surface area contributed by atoms with Gasteiger partial charge in [-0.1, -0.05) is 18.2 Å². The van der Waals surface area contributed by atoms with Gasteiger partial charge in [0.25, 0.3) is 5.56 Å². The van der Waals surface area contributed by atoms with Crippen LogP contribution in [0.5, 0.6) is 0 Å². The molecule has 5 rings (SSSR count). The van der Waals surface area contributed by atoms with Crippen LogP contribution in [0.3, 0.4) is 0 Å². The van der Waals surface area contributed by atoms with E-state index in [9.17, 15) is 14.0 Å². The zero-order valence-corrected chi connectivity index (χ0v) is 19.9. The summed E-state index contributed by atoms with van der Waals surface area (Å²) in [6.45, 7) is 2.89. The van der Waals surface area contributed by atoms with E-state index >= 15 is 0 Å². The van der Waals surface area contributed by atoms with Gasteiger partial charge in [-0.25, -0.2) is 9.37 Å². The molecule has 1 saturated heterocycles. The number of nitrogens with one attached hydrogen (secondary N) is 1. The lowest BCUT2D eigenvalue weighted by molar-refractivity contribution is -0.122. The number of morpholine rings is 1. The predicted molar refractivity (Wildman–Crippen MR) is 132 cm³/mol. The fraction of sp³-hybridized carbons (Fsp3) is 0.292. The summed E-state index contributed by atoms with van der Waals surface area (Å²) in [6.07, 6.45) is 1.43. The lowest BCUT2D eigenvalue weighted by Crippen LogP contribution is -2.44. The van der Waals surface area contributed by atoms with Crippen LogP contribution in [-0.2, 0) is 16.1 Å². The topological polar surface area (TPSA) is 76.5 Å². The summed E-state index contributed by atoms with van der Waals surface area (Å²) >= 11 is 2.98. The summed E-state index contributed by atoms with van der Waals surface area (Å²) in [5.41, 5.74) is 1.54. The number of thiophene rings is 2. The molecule has 0 radical (unpaired) electrons. The Balaban J connectivity index is 1.33. The van der Waals surface area contributed by atoms with Gasteiger partial charge >= 0.3 is 0 Å². The van der Waals surface area contributed by atoms with Gasteiger partial charge < -0.3 is 10.1 Å². The number of hydrogen-bond donors (Lipinski definition) is 1. The molecule has 1 atom stereocenters. The zero-order valence-electron chi connectivity index (χ0n) is 18.3. The molecule has 4 aromatic rings. The average molecular weight is 499 g/mol. The number of amides is 1. The van der Waals surface area contributed by atoms with Gasteiger partial charge in [0.15, 0.2) is 0 Å². The highest BCUT2D eigenvalue weighted by Crippen LogP contribution is 2.33. The second kappa shape index (κ2) is 10.1. The molecule has 1 aliphatic heterocycles. The van der Waals surface area contributed by atoms with Crippen molar-refractivity contribution in [1.82, 2.24) is 19.8 Å². The Bertz CT molecular complexity index is 1330. The number of rotatable bonds is 7. The van der Waals surface area contributed by atoms with E-state index in [1.165, 1.54) is 34.4 Å². The molecule has 34 heavy (non-hydrogen) atoms. The van der Waals surface area contributed by atoms with E-state index < -0.39 is 0 Å². The van der Waals surface area contributed by atoms with Crippen molar-refractivity contribution < 1.29 is 13.9 Å². The first-order chi connectivity index (χ1) is 16.6. The second-order valence-electron chi connectivity index (χ2n) is 8.00. The molecule has 1 fully saturated rings. The predicted octanol–water partition coefficient (Wildman–Crippen LogP) is 3.52. The third-order valence-corrected chi connectivity index (χ3v) is 7.68. The molecule has 176 valence electrons. The first-order valence-electron chi connectivity index (χ1n) is 10.9. The molecule has 1 N–H and O–H groups in total. The minimum atomic E-state index is -0.300. The van der Waals surface area contributed by atoms with Crippen LogP contribution < -0.4 is 10.9 Å². The monoisotopic (exact) mass is 498 g/mol. The summed E-state index contributed by atoms with van der Waals surface area (Å²) in [5.74, 6) is -0.581. The van der Waals surface area contributed by atoms with Gasteiger partial charge in [-0.3, -0.25) is 19.1 Å². The highest BCUT2D eigenvalue weighted by molar-refractivity contribution is 7.18. The molecule has 0 aliphatic carbocycles. The number of nitrogens with zero attached hydrogens (tertiary/aromatic N) is 3. The molecule has 10 heteroatoms. The van der Waals surface area contributed by atoms with Crippen molar-refractivity contribution in [2.75, 3.05) is 32.8 Å². The van der Waals surface area contributed by atoms with E-state index in [1.807, 2.05) is 22.9 Å². The first-order valence-corrected chi connectivity index (χ1v) is 12.7. The van der Waals surface area contributed by atoms with Crippen LogP contribution in [0, 0.1) is 5.82 Å². The van der Waals surface area contributed by atoms with Crippen molar-refractivity contribution in [2.45, 2.75) is 12.6 Å². The number of benzene rings is 1. The maximum absolute atomic E-state index is 13.5. The van der Waals surface area contributed by atoms with Crippen LogP contribution in [0.1, 0.15) is 11.6 Å². The van der Waals surface area contributed by atoms with Crippen molar-refractivity contribution in [2.24, 2.45) is 0 Å². The summed E-state index contributed by atoms with van der Waals surface area (Å²) < 4.78 is 20.3. The quantitative estimate of drug-likeness (QED) is 0.422. The Kier molecular flexibility index (Phi) is 6.82. The minimum absolute atomic E-state index is 0.118. The van der Waals surface area contributed by atoms with E-state index in [-0.39, 0.29) is 29.9 Å². The molecule has 4 heterocycles. The number of carbonyl (C=O) groups excluding carboxylic acids is 1. The average Bonchev–Trinajstić information content (AvgIpc) is 3.53. The van der Waals surface area contributed by atoms with Crippen molar-refractivity contribution in [1.29, 1.82) is 0 Å². The standard InChI is InChI=1S/C24H23FN4O3S2/c25-17-5-3-16(4-6-17)19(28-7-9-32-10-8-28)12-26-21(30)13-29-15-27-23-22(24(29)31)18(14-34-23)20-2-1-11-33-20/h1-6,11,14-15,19H,7-10,12-13H2,(H,26,30)/t19-/m1/s1. The SMILES string of the molecule is O=C(Cn1cnc2scc(-c3cccs3)c2c1=O)NC[C@H](c1ccc(F)cc1)N1CCOCC1.